The third-order valence-electron chi connectivity index (χ3n) is 3.02. The maximum atomic E-state index is 11.8. The van der Waals surface area contributed by atoms with E-state index >= 15 is 0 Å². The van der Waals surface area contributed by atoms with Crippen LogP contribution in [0.3, 0.4) is 0 Å². The van der Waals surface area contributed by atoms with Crippen molar-refractivity contribution < 1.29 is 0 Å². The van der Waals surface area contributed by atoms with Crippen LogP contribution in [0, 0.1) is 6.92 Å². The minimum Gasteiger partial charge on any atom is -0.292 e. The van der Waals surface area contributed by atoms with Crippen molar-refractivity contribution in [1.82, 2.24) is 14.5 Å². The fraction of sp³-hybridized carbons (Fsp3) is 0.417. The van der Waals surface area contributed by atoms with E-state index in [1.807, 2.05) is 0 Å². The van der Waals surface area contributed by atoms with Crippen LogP contribution in [-0.4, -0.2) is 14.5 Å². The predicted octanol–water partition coefficient (Wildman–Crippen LogP) is 1.55. The summed E-state index contributed by atoms with van der Waals surface area (Å²) in [6.07, 6.45) is 6.64. The van der Waals surface area contributed by atoms with Crippen LogP contribution in [0.5, 0.6) is 0 Å². The van der Waals surface area contributed by atoms with E-state index in [1.165, 1.54) is 17.0 Å². The van der Waals surface area contributed by atoms with Crippen LogP contribution < -0.4 is 5.56 Å². The lowest BCUT2D eigenvalue weighted by Gasteiger charge is -2.02. The Morgan fingerprint density at radius 1 is 1.47 bits per heavy atom. The zero-order chi connectivity index (χ0) is 11.8. The van der Waals surface area contributed by atoms with Gasteiger partial charge in [0.15, 0.2) is 0 Å². The summed E-state index contributed by atoms with van der Waals surface area (Å²) < 4.78 is 1.63. The molecule has 0 unspecified atom stereocenters. The molecule has 17 heavy (non-hydrogen) atoms. The molecule has 1 aliphatic carbocycles. The second kappa shape index (κ2) is 4.07. The summed E-state index contributed by atoms with van der Waals surface area (Å²) in [4.78, 5) is 21.9. The second-order valence-electron chi connectivity index (χ2n) is 4.34. The maximum Gasteiger partial charge on any atom is 0.256 e. The van der Waals surface area contributed by atoms with Crippen LogP contribution in [0.25, 0.3) is 0 Å². The molecule has 0 radical (unpaired) electrons. The molecule has 0 saturated heterocycles. The van der Waals surface area contributed by atoms with Crippen LogP contribution >= 0.6 is 11.3 Å². The van der Waals surface area contributed by atoms with Crippen LogP contribution in [0.1, 0.15) is 27.6 Å². The molecule has 5 heteroatoms. The zero-order valence-corrected chi connectivity index (χ0v) is 10.5. The number of aryl methyl sites for hydroxylation is 3. The van der Waals surface area contributed by atoms with E-state index in [9.17, 15) is 4.79 Å². The number of rotatable bonds is 2. The van der Waals surface area contributed by atoms with Gasteiger partial charge in [0.05, 0.1) is 18.6 Å². The van der Waals surface area contributed by atoms with Crippen molar-refractivity contribution in [3.05, 3.63) is 44.0 Å². The minimum absolute atomic E-state index is 0.0235. The van der Waals surface area contributed by atoms with Gasteiger partial charge in [0.25, 0.3) is 5.56 Å². The quantitative estimate of drug-likeness (QED) is 0.809. The van der Waals surface area contributed by atoms with Crippen molar-refractivity contribution >= 4 is 11.3 Å². The van der Waals surface area contributed by atoms with Gasteiger partial charge in [-0.25, -0.2) is 9.97 Å². The molecule has 0 saturated carbocycles. The van der Waals surface area contributed by atoms with Crippen LogP contribution in [0.15, 0.2) is 17.3 Å². The third-order valence-corrected chi connectivity index (χ3v) is 4.16. The molecule has 88 valence electrons. The molecule has 0 N–H and O–H groups in total. The molecule has 0 spiro atoms. The van der Waals surface area contributed by atoms with E-state index in [2.05, 4.69) is 9.97 Å². The molecular weight excluding hydrogens is 234 g/mol. The highest BCUT2D eigenvalue weighted by molar-refractivity contribution is 7.11. The van der Waals surface area contributed by atoms with Crippen LogP contribution in [-0.2, 0) is 19.4 Å². The average Bonchev–Trinajstić information content (AvgIpc) is 2.85. The highest BCUT2D eigenvalue weighted by Gasteiger charge is 2.16. The number of thiazole rings is 1. The van der Waals surface area contributed by atoms with Crippen molar-refractivity contribution in [2.24, 2.45) is 0 Å². The first-order valence-electron chi connectivity index (χ1n) is 5.72. The van der Waals surface area contributed by atoms with Crippen molar-refractivity contribution in [2.45, 2.75) is 32.7 Å². The summed E-state index contributed by atoms with van der Waals surface area (Å²) in [5.74, 6) is 0. The Morgan fingerprint density at radius 2 is 2.35 bits per heavy atom. The van der Waals surface area contributed by atoms with Crippen molar-refractivity contribution in [3.63, 3.8) is 0 Å². The molecule has 0 amide bonds. The number of hydrogen-bond donors (Lipinski definition) is 0. The smallest absolute Gasteiger partial charge is 0.256 e. The SMILES string of the molecule is Cc1cncn(Cc2nc3c(s2)CCC3)c1=O. The summed E-state index contributed by atoms with van der Waals surface area (Å²) in [6.45, 7) is 2.33. The minimum atomic E-state index is 0.0235. The first kappa shape index (κ1) is 10.7. The van der Waals surface area contributed by atoms with Gasteiger partial charge in [-0.1, -0.05) is 0 Å². The van der Waals surface area contributed by atoms with Crippen LogP contribution in [0.2, 0.25) is 0 Å². The average molecular weight is 247 g/mol. The molecule has 0 aliphatic heterocycles. The van der Waals surface area contributed by atoms with Gasteiger partial charge in [0.1, 0.15) is 5.01 Å². The lowest BCUT2D eigenvalue weighted by molar-refractivity contribution is 0.720. The Hall–Kier alpha value is -1.49. The Morgan fingerprint density at radius 3 is 3.18 bits per heavy atom. The standard InChI is InChI=1S/C12H13N3OS/c1-8-5-13-7-15(12(8)16)6-11-14-9-3-2-4-10(9)17-11/h5,7H,2-4,6H2,1H3. The first-order valence-corrected chi connectivity index (χ1v) is 6.54. The maximum absolute atomic E-state index is 11.8. The van der Waals surface area contributed by atoms with Gasteiger partial charge in [0.2, 0.25) is 0 Å². The van der Waals surface area contributed by atoms with E-state index in [0.29, 0.717) is 12.1 Å². The van der Waals surface area contributed by atoms with Gasteiger partial charge in [-0.05, 0) is 26.2 Å². The molecule has 2 aromatic heterocycles. The topological polar surface area (TPSA) is 47.8 Å². The fourth-order valence-corrected chi connectivity index (χ4v) is 3.29. The molecule has 0 bridgehead atoms. The second-order valence-corrected chi connectivity index (χ2v) is 5.51. The largest absolute Gasteiger partial charge is 0.292 e. The Kier molecular flexibility index (Phi) is 2.55. The van der Waals surface area contributed by atoms with E-state index in [4.69, 9.17) is 0 Å². The van der Waals surface area contributed by atoms with Crippen LogP contribution in [0.4, 0.5) is 0 Å². The Balaban J connectivity index is 1.91. The predicted molar refractivity (Wildman–Crippen MR) is 66.5 cm³/mol. The highest BCUT2D eigenvalue weighted by Crippen LogP contribution is 2.27. The summed E-state index contributed by atoms with van der Waals surface area (Å²) >= 11 is 1.73. The van der Waals surface area contributed by atoms with Gasteiger partial charge < -0.3 is 0 Å². The lowest BCUT2D eigenvalue weighted by Crippen LogP contribution is -2.22. The normalized spacial score (nSPS) is 13.9. The molecule has 2 heterocycles. The van der Waals surface area contributed by atoms with Crippen molar-refractivity contribution in [3.8, 4) is 0 Å². The van der Waals surface area contributed by atoms with Crippen molar-refractivity contribution in [2.75, 3.05) is 0 Å². The van der Waals surface area contributed by atoms with Gasteiger partial charge >= 0.3 is 0 Å². The summed E-state index contributed by atoms with van der Waals surface area (Å²) in [7, 11) is 0. The molecule has 0 atom stereocenters. The number of aromatic nitrogens is 3. The van der Waals surface area contributed by atoms with Gasteiger partial charge in [0, 0.05) is 16.6 Å². The van der Waals surface area contributed by atoms with Gasteiger partial charge in [-0.2, -0.15) is 0 Å². The number of fused-ring (bicyclic) bond motifs is 1. The molecule has 1 aliphatic rings. The van der Waals surface area contributed by atoms with E-state index in [0.717, 1.165) is 17.8 Å². The summed E-state index contributed by atoms with van der Waals surface area (Å²) in [5.41, 5.74) is 1.94. The summed E-state index contributed by atoms with van der Waals surface area (Å²) in [6, 6.07) is 0. The fourth-order valence-electron chi connectivity index (χ4n) is 2.13. The monoisotopic (exact) mass is 247 g/mol. The molecule has 0 aromatic carbocycles. The third kappa shape index (κ3) is 1.91. The van der Waals surface area contributed by atoms with Gasteiger partial charge in [-0.3, -0.25) is 9.36 Å². The molecule has 3 rings (SSSR count). The first-order chi connectivity index (χ1) is 8.24. The molecule has 4 nitrogen and oxygen atoms in total. The Bertz CT molecular complexity index is 593. The lowest BCUT2D eigenvalue weighted by atomic mass is 10.4. The van der Waals surface area contributed by atoms with Gasteiger partial charge in [-0.15, -0.1) is 11.3 Å². The summed E-state index contributed by atoms with van der Waals surface area (Å²) in [5, 5.41) is 1.02. The van der Waals surface area contributed by atoms with E-state index < -0.39 is 0 Å². The zero-order valence-electron chi connectivity index (χ0n) is 9.64. The van der Waals surface area contributed by atoms with E-state index in [-0.39, 0.29) is 5.56 Å². The van der Waals surface area contributed by atoms with Crippen molar-refractivity contribution in [1.29, 1.82) is 0 Å². The van der Waals surface area contributed by atoms with E-state index in [1.54, 1.807) is 35.4 Å². The number of nitrogens with zero attached hydrogens (tertiary/aromatic N) is 3. The Labute approximate surface area is 103 Å². The molecule has 2 aromatic rings. The number of hydrogen-bond acceptors (Lipinski definition) is 4. The molecule has 0 fully saturated rings. The highest BCUT2D eigenvalue weighted by atomic mass is 32.1. The molecular formula is C12H13N3OS.